The third-order valence-corrected chi connectivity index (χ3v) is 3.14. The molecule has 62 valence electrons. The van der Waals surface area contributed by atoms with Gasteiger partial charge in [0.05, 0.1) is 9.35 Å². The topological polar surface area (TPSA) is 53.1 Å². The minimum absolute atomic E-state index is 0.326. The van der Waals surface area contributed by atoms with Crippen molar-refractivity contribution in [2.45, 2.75) is 0 Å². The predicted molar refractivity (Wildman–Crippen MR) is 50.8 cm³/mol. The molecule has 0 aromatic carbocycles. The van der Waals surface area contributed by atoms with Gasteiger partial charge in [0.1, 0.15) is 4.83 Å². The zero-order chi connectivity index (χ0) is 8.72. The summed E-state index contributed by atoms with van der Waals surface area (Å²) in [5, 5.41) is 9.51. The average molecular weight is 246 g/mol. The second-order valence-electron chi connectivity index (χ2n) is 2.30. The highest BCUT2D eigenvalue weighted by Crippen LogP contribution is 2.31. The van der Waals surface area contributed by atoms with E-state index in [1.54, 1.807) is 6.07 Å². The van der Waals surface area contributed by atoms with E-state index < -0.39 is 5.97 Å². The number of thiophene rings is 1. The molecule has 2 heterocycles. The Labute approximate surface area is 80.2 Å². The predicted octanol–water partition coefficient (Wildman–Crippen LogP) is 2.69. The summed E-state index contributed by atoms with van der Waals surface area (Å²) in [6.45, 7) is 0. The molecule has 0 aliphatic carbocycles. The van der Waals surface area contributed by atoms with E-state index in [9.17, 15) is 4.79 Å². The third-order valence-electron chi connectivity index (χ3n) is 1.57. The van der Waals surface area contributed by atoms with E-state index in [4.69, 9.17) is 5.11 Å². The number of aromatic nitrogens is 1. The number of H-pyrrole nitrogens is 1. The van der Waals surface area contributed by atoms with Crippen LogP contribution in [0.15, 0.2) is 16.0 Å². The van der Waals surface area contributed by atoms with E-state index in [-0.39, 0.29) is 0 Å². The van der Waals surface area contributed by atoms with E-state index >= 15 is 0 Å². The number of rotatable bonds is 1. The fourth-order valence-corrected chi connectivity index (χ4v) is 2.54. The van der Waals surface area contributed by atoms with Crippen molar-refractivity contribution in [3.63, 3.8) is 0 Å². The SMILES string of the molecule is O=C(O)c1c[nH]c2sc(Br)cc12. The molecule has 0 amide bonds. The number of fused-ring (bicyclic) bond motifs is 1. The van der Waals surface area contributed by atoms with Gasteiger partial charge in [-0.3, -0.25) is 0 Å². The minimum atomic E-state index is -0.897. The number of nitrogens with one attached hydrogen (secondary N) is 1. The Morgan fingerprint density at radius 3 is 3.08 bits per heavy atom. The lowest BCUT2D eigenvalue weighted by Gasteiger charge is -1.83. The summed E-state index contributed by atoms with van der Waals surface area (Å²) in [7, 11) is 0. The summed E-state index contributed by atoms with van der Waals surface area (Å²) in [5.41, 5.74) is 0.326. The molecule has 0 saturated heterocycles. The van der Waals surface area contributed by atoms with Crippen molar-refractivity contribution in [2.24, 2.45) is 0 Å². The van der Waals surface area contributed by atoms with Gasteiger partial charge in [0.25, 0.3) is 0 Å². The summed E-state index contributed by atoms with van der Waals surface area (Å²) < 4.78 is 0.937. The van der Waals surface area contributed by atoms with Crippen LogP contribution in [0, 0.1) is 0 Å². The van der Waals surface area contributed by atoms with Crippen LogP contribution in [0.25, 0.3) is 10.2 Å². The first-order chi connectivity index (χ1) is 5.68. The molecule has 0 aliphatic heterocycles. The molecule has 3 nitrogen and oxygen atoms in total. The molecule has 0 bridgehead atoms. The van der Waals surface area contributed by atoms with E-state index in [1.165, 1.54) is 17.5 Å². The molecule has 0 fully saturated rings. The van der Waals surface area contributed by atoms with Crippen LogP contribution in [0.5, 0.6) is 0 Å². The van der Waals surface area contributed by atoms with Crippen molar-refractivity contribution >= 4 is 43.5 Å². The number of aromatic carboxylic acids is 1. The lowest BCUT2D eigenvalue weighted by molar-refractivity contribution is 0.0699. The number of carbonyl (C=O) groups is 1. The lowest BCUT2D eigenvalue weighted by Crippen LogP contribution is -1.92. The summed E-state index contributed by atoms with van der Waals surface area (Å²) >= 11 is 4.78. The standard InChI is InChI=1S/C7H4BrNO2S/c8-5-1-3-4(7(10)11)2-9-6(3)12-5/h1-2,9H,(H,10,11). The Bertz CT molecular complexity index is 445. The summed E-state index contributed by atoms with van der Waals surface area (Å²) in [6, 6.07) is 1.81. The maximum atomic E-state index is 10.7. The second-order valence-corrected chi connectivity index (χ2v) is 4.73. The van der Waals surface area contributed by atoms with Crippen LogP contribution in [-0.2, 0) is 0 Å². The molecule has 2 rings (SSSR count). The van der Waals surface area contributed by atoms with Crippen molar-refractivity contribution in [2.75, 3.05) is 0 Å². The van der Waals surface area contributed by atoms with Gasteiger partial charge in [0.2, 0.25) is 0 Å². The van der Waals surface area contributed by atoms with E-state index in [0.29, 0.717) is 5.56 Å². The average Bonchev–Trinajstić information content (AvgIpc) is 2.43. The van der Waals surface area contributed by atoms with Gasteiger partial charge in [-0.15, -0.1) is 11.3 Å². The molecule has 2 aromatic rings. The van der Waals surface area contributed by atoms with E-state index in [2.05, 4.69) is 20.9 Å². The van der Waals surface area contributed by atoms with Gasteiger partial charge >= 0.3 is 5.97 Å². The van der Waals surface area contributed by atoms with Crippen molar-refractivity contribution < 1.29 is 9.90 Å². The summed E-state index contributed by atoms with van der Waals surface area (Å²) in [4.78, 5) is 14.4. The van der Waals surface area contributed by atoms with Gasteiger partial charge in [0.15, 0.2) is 0 Å². The van der Waals surface area contributed by atoms with Gasteiger partial charge in [-0.1, -0.05) is 0 Å². The first-order valence-corrected chi connectivity index (χ1v) is 4.79. The Hall–Kier alpha value is -0.810. The van der Waals surface area contributed by atoms with Gasteiger partial charge in [0, 0.05) is 11.6 Å². The molecular formula is C7H4BrNO2S. The van der Waals surface area contributed by atoms with Crippen LogP contribution in [0.1, 0.15) is 10.4 Å². The van der Waals surface area contributed by atoms with Crippen LogP contribution in [0.3, 0.4) is 0 Å². The largest absolute Gasteiger partial charge is 0.478 e. The van der Waals surface area contributed by atoms with Gasteiger partial charge < -0.3 is 10.1 Å². The molecular weight excluding hydrogens is 242 g/mol. The molecule has 0 unspecified atom stereocenters. The van der Waals surface area contributed by atoms with Crippen molar-refractivity contribution in [1.82, 2.24) is 4.98 Å². The smallest absolute Gasteiger partial charge is 0.337 e. The number of halogens is 1. The van der Waals surface area contributed by atoms with Gasteiger partial charge in [-0.2, -0.15) is 0 Å². The lowest BCUT2D eigenvalue weighted by atomic mass is 10.2. The maximum Gasteiger partial charge on any atom is 0.337 e. The van der Waals surface area contributed by atoms with Gasteiger partial charge in [-0.25, -0.2) is 4.79 Å². The maximum absolute atomic E-state index is 10.7. The highest BCUT2D eigenvalue weighted by atomic mass is 79.9. The zero-order valence-electron chi connectivity index (χ0n) is 5.80. The van der Waals surface area contributed by atoms with Crippen molar-refractivity contribution in [1.29, 1.82) is 0 Å². The Morgan fingerprint density at radius 2 is 2.42 bits per heavy atom. The van der Waals surface area contributed by atoms with Crippen molar-refractivity contribution in [3.8, 4) is 0 Å². The molecule has 5 heteroatoms. The molecule has 12 heavy (non-hydrogen) atoms. The second kappa shape index (κ2) is 2.60. The molecule has 0 aliphatic rings. The van der Waals surface area contributed by atoms with Crippen LogP contribution in [-0.4, -0.2) is 16.1 Å². The molecule has 0 radical (unpaired) electrons. The molecule has 0 saturated carbocycles. The summed E-state index contributed by atoms with van der Waals surface area (Å²) in [5.74, 6) is -0.897. The fourth-order valence-electron chi connectivity index (χ4n) is 1.06. The zero-order valence-corrected chi connectivity index (χ0v) is 8.20. The number of carboxylic acid groups (broad SMARTS) is 1. The molecule has 0 spiro atoms. The highest BCUT2D eigenvalue weighted by molar-refractivity contribution is 9.11. The number of hydrogen-bond donors (Lipinski definition) is 2. The number of aromatic amines is 1. The first-order valence-electron chi connectivity index (χ1n) is 3.18. The first kappa shape index (κ1) is 7.82. The quantitative estimate of drug-likeness (QED) is 0.812. The monoisotopic (exact) mass is 245 g/mol. The minimum Gasteiger partial charge on any atom is -0.478 e. The van der Waals surface area contributed by atoms with Crippen LogP contribution in [0.2, 0.25) is 0 Å². The third kappa shape index (κ3) is 1.05. The Kier molecular flexibility index (Phi) is 1.69. The molecule has 0 atom stereocenters. The number of carboxylic acids is 1. The van der Waals surface area contributed by atoms with E-state index in [1.807, 2.05) is 0 Å². The van der Waals surface area contributed by atoms with E-state index in [0.717, 1.165) is 14.0 Å². The molecule has 2 N–H and O–H groups in total. The Morgan fingerprint density at radius 1 is 1.67 bits per heavy atom. The summed E-state index contributed by atoms with van der Waals surface area (Å²) in [6.07, 6.45) is 1.51. The highest BCUT2D eigenvalue weighted by Gasteiger charge is 2.12. The Balaban J connectivity index is 2.76. The molecule has 2 aromatic heterocycles. The van der Waals surface area contributed by atoms with Crippen LogP contribution >= 0.6 is 27.3 Å². The normalized spacial score (nSPS) is 10.8. The van der Waals surface area contributed by atoms with Crippen LogP contribution in [0.4, 0.5) is 0 Å². The van der Waals surface area contributed by atoms with Gasteiger partial charge in [-0.05, 0) is 22.0 Å². The van der Waals surface area contributed by atoms with Crippen LogP contribution < -0.4 is 0 Å². The van der Waals surface area contributed by atoms with Crippen molar-refractivity contribution in [3.05, 3.63) is 21.6 Å². The number of hydrogen-bond acceptors (Lipinski definition) is 2. The fraction of sp³-hybridized carbons (Fsp3) is 0.